The number of benzene rings is 1. The number of halogens is 2. The van der Waals surface area contributed by atoms with Gasteiger partial charge in [-0.1, -0.05) is 30.5 Å². The Balaban J connectivity index is 0.00000242. The van der Waals surface area contributed by atoms with Gasteiger partial charge in [0.1, 0.15) is 5.75 Å². The molecule has 0 bridgehead atoms. The molecule has 0 radical (unpaired) electrons. The highest BCUT2D eigenvalue weighted by Crippen LogP contribution is 2.27. The summed E-state index contributed by atoms with van der Waals surface area (Å²) in [5, 5.41) is 3.52. The van der Waals surface area contributed by atoms with E-state index in [1.807, 2.05) is 12.1 Å². The maximum absolute atomic E-state index is 12.1. The minimum atomic E-state index is 0. The van der Waals surface area contributed by atoms with Crippen LogP contribution in [0, 0.1) is 5.92 Å². The number of hydrogen-bond donors (Lipinski definition) is 2. The second kappa shape index (κ2) is 9.23. The lowest BCUT2D eigenvalue weighted by atomic mass is 9.83. The van der Waals surface area contributed by atoms with Crippen LogP contribution in [0.25, 0.3) is 0 Å². The van der Waals surface area contributed by atoms with Crippen molar-refractivity contribution >= 4 is 29.9 Å². The van der Waals surface area contributed by atoms with Crippen LogP contribution in [-0.2, 0) is 11.3 Å². The van der Waals surface area contributed by atoms with E-state index in [0.29, 0.717) is 29.7 Å². The Hall–Kier alpha value is -0.970. The van der Waals surface area contributed by atoms with Gasteiger partial charge in [0.25, 0.3) is 0 Å². The number of ether oxygens (including phenoxy) is 1. The number of nitrogens with two attached hydrogens (primary N) is 1. The van der Waals surface area contributed by atoms with Crippen molar-refractivity contribution in [1.29, 1.82) is 0 Å². The van der Waals surface area contributed by atoms with Crippen molar-refractivity contribution in [3.63, 3.8) is 0 Å². The van der Waals surface area contributed by atoms with E-state index in [0.717, 1.165) is 18.4 Å². The normalized spacial score (nSPS) is 20.9. The van der Waals surface area contributed by atoms with Crippen LogP contribution in [0.1, 0.15) is 37.7 Å². The van der Waals surface area contributed by atoms with Crippen LogP contribution in [0.3, 0.4) is 0 Å². The van der Waals surface area contributed by atoms with E-state index in [1.165, 1.54) is 12.8 Å². The molecule has 6 heteroatoms. The summed E-state index contributed by atoms with van der Waals surface area (Å²) in [6.07, 6.45) is 4.91. The summed E-state index contributed by atoms with van der Waals surface area (Å²) in [6, 6.07) is 5.61. The number of amides is 1. The van der Waals surface area contributed by atoms with Crippen LogP contribution in [0.4, 0.5) is 0 Å². The fourth-order valence-corrected chi connectivity index (χ4v) is 3.12. The van der Waals surface area contributed by atoms with E-state index >= 15 is 0 Å². The number of carbonyl (C=O) groups excluding carboxylic acids is 1. The Morgan fingerprint density at radius 3 is 2.82 bits per heavy atom. The van der Waals surface area contributed by atoms with Crippen LogP contribution in [-0.4, -0.2) is 19.1 Å². The Morgan fingerprint density at radius 2 is 2.14 bits per heavy atom. The lowest BCUT2D eigenvalue weighted by Crippen LogP contribution is -2.37. The Labute approximate surface area is 143 Å². The van der Waals surface area contributed by atoms with Crippen molar-refractivity contribution in [2.75, 3.05) is 7.11 Å². The first-order valence-corrected chi connectivity index (χ1v) is 7.83. The fraction of sp³-hybridized carbons (Fsp3) is 0.562. The van der Waals surface area contributed by atoms with Crippen LogP contribution >= 0.6 is 24.0 Å². The Morgan fingerprint density at radius 1 is 1.41 bits per heavy atom. The van der Waals surface area contributed by atoms with Crippen LogP contribution < -0.4 is 15.8 Å². The second-order valence-corrected chi connectivity index (χ2v) is 6.02. The molecule has 0 aromatic heterocycles. The van der Waals surface area contributed by atoms with Gasteiger partial charge in [0, 0.05) is 29.6 Å². The Kier molecular flexibility index (Phi) is 8.01. The summed E-state index contributed by atoms with van der Waals surface area (Å²) < 4.78 is 5.27. The zero-order valence-corrected chi connectivity index (χ0v) is 14.4. The molecule has 4 nitrogen and oxygen atoms in total. The van der Waals surface area contributed by atoms with E-state index in [9.17, 15) is 4.79 Å². The molecule has 0 spiro atoms. The fourth-order valence-electron chi connectivity index (χ4n) is 2.89. The van der Waals surface area contributed by atoms with E-state index < -0.39 is 0 Å². The van der Waals surface area contributed by atoms with Gasteiger partial charge in [0.15, 0.2) is 0 Å². The largest absolute Gasteiger partial charge is 0.496 e. The van der Waals surface area contributed by atoms with E-state index in [1.54, 1.807) is 13.2 Å². The maximum Gasteiger partial charge on any atom is 0.220 e. The topological polar surface area (TPSA) is 64.3 Å². The van der Waals surface area contributed by atoms with Gasteiger partial charge < -0.3 is 15.8 Å². The zero-order valence-electron chi connectivity index (χ0n) is 12.8. The lowest BCUT2D eigenvalue weighted by molar-refractivity contribution is -0.122. The molecule has 0 saturated heterocycles. The predicted octanol–water partition coefficient (Wildman–Crippen LogP) is 3.29. The highest BCUT2D eigenvalue weighted by molar-refractivity contribution is 6.31. The summed E-state index contributed by atoms with van der Waals surface area (Å²) in [4.78, 5) is 12.1. The van der Waals surface area contributed by atoms with Crippen molar-refractivity contribution in [1.82, 2.24) is 5.32 Å². The molecular weight excluding hydrogens is 323 g/mol. The monoisotopic (exact) mass is 346 g/mol. The Bertz CT molecular complexity index is 497. The maximum atomic E-state index is 12.1. The minimum absolute atomic E-state index is 0. The first-order chi connectivity index (χ1) is 10.1. The molecule has 1 aliphatic rings. The first kappa shape index (κ1) is 19.1. The van der Waals surface area contributed by atoms with Gasteiger partial charge in [-0.05, 0) is 30.9 Å². The molecule has 1 aromatic carbocycles. The summed E-state index contributed by atoms with van der Waals surface area (Å²) in [5.41, 5.74) is 6.89. The zero-order chi connectivity index (χ0) is 15.2. The molecular formula is C16H24Cl2N2O2. The standard InChI is InChI=1S/C16H23ClN2O2.ClH/c1-21-15-8-4-6-13(17)12(15)10-19-16(20)9-11-5-2-3-7-14(11)18;/h4,6,8,11,14H,2-3,5,7,9-10,18H2,1H3,(H,19,20);1H. The van der Waals surface area contributed by atoms with Gasteiger partial charge in [-0.15, -0.1) is 12.4 Å². The molecule has 0 heterocycles. The van der Waals surface area contributed by atoms with E-state index in [-0.39, 0.29) is 24.4 Å². The average molecular weight is 347 g/mol. The third-order valence-electron chi connectivity index (χ3n) is 4.17. The van der Waals surface area contributed by atoms with Crippen molar-refractivity contribution in [3.8, 4) is 5.75 Å². The van der Waals surface area contributed by atoms with Gasteiger partial charge >= 0.3 is 0 Å². The predicted molar refractivity (Wildman–Crippen MR) is 91.6 cm³/mol. The van der Waals surface area contributed by atoms with Crippen LogP contribution in [0.5, 0.6) is 5.75 Å². The molecule has 0 aliphatic heterocycles. The summed E-state index contributed by atoms with van der Waals surface area (Å²) in [5.74, 6) is 1.02. The highest BCUT2D eigenvalue weighted by Gasteiger charge is 2.24. The SMILES string of the molecule is COc1cccc(Cl)c1CNC(=O)CC1CCCCC1N.Cl. The van der Waals surface area contributed by atoms with Gasteiger partial charge in [-0.2, -0.15) is 0 Å². The van der Waals surface area contributed by atoms with Crippen molar-refractivity contribution < 1.29 is 9.53 Å². The smallest absolute Gasteiger partial charge is 0.220 e. The quantitative estimate of drug-likeness (QED) is 0.859. The minimum Gasteiger partial charge on any atom is -0.496 e. The molecule has 2 rings (SSSR count). The molecule has 1 saturated carbocycles. The number of carbonyl (C=O) groups is 1. The van der Waals surface area contributed by atoms with Gasteiger partial charge in [-0.25, -0.2) is 0 Å². The number of nitrogens with one attached hydrogen (secondary N) is 1. The van der Waals surface area contributed by atoms with E-state index in [4.69, 9.17) is 22.1 Å². The molecule has 1 fully saturated rings. The molecule has 2 atom stereocenters. The number of hydrogen-bond acceptors (Lipinski definition) is 3. The second-order valence-electron chi connectivity index (χ2n) is 5.61. The molecule has 2 unspecified atom stereocenters. The highest BCUT2D eigenvalue weighted by atomic mass is 35.5. The molecule has 1 aliphatic carbocycles. The molecule has 3 N–H and O–H groups in total. The lowest BCUT2D eigenvalue weighted by Gasteiger charge is -2.28. The molecule has 1 aromatic rings. The van der Waals surface area contributed by atoms with Crippen molar-refractivity contribution in [2.45, 2.75) is 44.7 Å². The van der Waals surface area contributed by atoms with Crippen LogP contribution in [0.2, 0.25) is 5.02 Å². The van der Waals surface area contributed by atoms with Gasteiger partial charge in [-0.3, -0.25) is 4.79 Å². The van der Waals surface area contributed by atoms with E-state index in [2.05, 4.69) is 5.32 Å². The summed E-state index contributed by atoms with van der Waals surface area (Å²) >= 11 is 6.16. The number of methoxy groups -OCH3 is 1. The summed E-state index contributed by atoms with van der Waals surface area (Å²) in [6.45, 7) is 0.379. The number of rotatable bonds is 5. The molecule has 124 valence electrons. The van der Waals surface area contributed by atoms with Crippen LogP contribution in [0.15, 0.2) is 18.2 Å². The average Bonchev–Trinajstić information content (AvgIpc) is 2.48. The first-order valence-electron chi connectivity index (χ1n) is 7.45. The van der Waals surface area contributed by atoms with Gasteiger partial charge in [0.2, 0.25) is 5.91 Å². The van der Waals surface area contributed by atoms with Gasteiger partial charge in [0.05, 0.1) is 7.11 Å². The third kappa shape index (κ3) is 5.04. The van der Waals surface area contributed by atoms with Crippen molar-refractivity contribution in [2.24, 2.45) is 11.7 Å². The molecule has 1 amide bonds. The molecule has 22 heavy (non-hydrogen) atoms. The third-order valence-corrected chi connectivity index (χ3v) is 4.53. The summed E-state index contributed by atoms with van der Waals surface area (Å²) in [7, 11) is 1.60. The van der Waals surface area contributed by atoms with Crippen molar-refractivity contribution in [3.05, 3.63) is 28.8 Å².